The van der Waals surface area contributed by atoms with Crippen LogP contribution < -0.4 is 4.74 Å². The predicted octanol–water partition coefficient (Wildman–Crippen LogP) is 3.07. The van der Waals surface area contributed by atoms with E-state index >= 15 is 0 Å². The number of hydrogen-bond donors (Lipinski definition) is 0. The molecule has 1 heterocycles. The van der Waals surface area contributed by atoms with E-state index in [1.165, 1.54) is 0 Å². The lowest BCUT2D eigenvalue weighted by atomic mass is 10.2. The van der Waals surface area contributed by atoms with Crippen LogP contribution in [0.2, 0.25) is 0 Å². The van der Waals surface area contributed by atoms with Crippen molar-refractivity contribution in [1.29, 1.82) is 0 Å². The molecule has 8 heteroatoms. The third-order valence-corrected chi connectivity index (χ3v) is 4.62. The Morgan fingerprint density at radius 2 is 2.21 bits per heavy atom. The van der Waals surface area contributed by atoms with Crippen molar-refractivity contribution in [3.63, 3.8) is 0 Å². The summed E-state index contributed by atoms with van der Waals surface area (Å²) >= 11 is 3.15. The summed E-state index contributed by atoms with van der Waals surface area (Å²) in [5.41, 5.74) is 0. The molecule has 0 radical (unpaired) electrons. The fourth-order valence-corrected chi connectivity index (χ4v) is 3.26. The van der Waals surface area contributed by atoms with Crippen molar-refractivity contribution in [2.75, 3.05) is 13.2 Å². The number of halogens is 3. The zero-order chi connectivity index (χ0) is 14.0. The first-order chi connectivity index (χ1) is 8.88. The first-order valence-electron chi connectivity index (χ1n) is 5.56. The number of benzene rings is 1. The van der Waals surface area contributed by atoms with Crippen LogP contribution in [0.15, 0.2) is 21.5 Å². The molecular formula is C11H11BrClFO4S. The van der Waals surface area contributed by atoms with Crippen LogP contribution in [0.3, 0.4) is 0 Å². The molecule has 1 aromatic rings. The third-order valence-electron chi connectivity index (χ3n) is 2.66. The summed E-state index contributed by atoms with van der Waals surface area (Å²) in [5.74, 6) is -0.706. The SMILES string of the molecule is O=S(=O)(Cl)c1cc(Br)c(OC2CCCOC2)cc1F. The standard InChI is InChI=1S/C11H11BrClFO4S/c12-8-4-11(19(13,15)16)9(14)5-10(8)18-7-2-1-3-17-6-7/h4-5,7H,1-3,6H2. The molecule has 1 unspecified atom stereocenters. The van der Waals surface area contributed by atoms with Crippen LogP contribution in [0.5, 0.6) is 5.75 Å². The van der Waals surface area contributed by atoms with Gasteiger partial charge in [0.05, 0.1) is 11.1 Å². The fourth-order valence-electron chi connectivity index (χ4n) is 1.77. The highest BCUT2D eigenvalue weighted by molar-refractivity contribution is 9.10. The van der Waals surface area contributed by atoms with Crippen LogP contribution in [-0.2, 0) is 13.8 Å². The van der Waals surface area contributed by atoms with E-state index in [0.29, 0.717) is 17.7 Å². The summed E-state index contributed by atoms with van der Waals surface area (Å²) < 4.78 is 47.2. The van der Waals surface area contributed by atoms with Gasteiger partial charge in [-0.2, -0.15) is 0 Å². The summed E-state index contributed by atoms with van der Waals surface area (Å²) in [7, 11) is 1.01. The summed E-state index contributed by atoms with van der Waals surface area (Å²) in [5, 5.41) is 0. The van der Waals surface area contributed by atoms with Gasteiger partial charge in [-0.25, -0.2) is 12.8 Å². The van der Waals surface area contributed by atoms with Gasteiger partial charge >= 0.3 is 0 Å². The second-order valence-electron chi connectivity index (χ2n) is 4.11. The first kappa shape index (κ1) is 15.0. The van der Waals surface area contributed by atoms with E-state index in [2.05, 4.69) is 15.9 Å². The molecule has 19 heavy (non-hydrogen) atoms. The highest BCUT2D eigenvalue weighted by Crippen LogP contribution is 2.33. The van der Waals surface area contributed by atoms with Crippen molar-refractivity contribution in [3.8, 4) is 5.75 Å². The largest absolute Gasteiger partial charge is 0.487 e. The maximum Gasteiger partial charge on any atom is 0.264 e. The monoisotopic (exact) mass is 372 g/mol. The van der Waals surface area contributed by atoms with Gasteiger partial charge in [-0.1, -0.05) is 0 Å². The molecule has 0 aliphatic carbocycles. The summed E-state index contributed by atoms with van der Waals surface area (Å²) in [6, 6.07) is 2.10. The molecule has 1 aliphatic heterocycles. The van der Waals surface area contributed by atoms with E-state index in [1.807, 2.05) is 0 Å². The molecule has 0 N–H and O–H groups in total. The molecule has 1 aliphatic rings. The second kappa shape index (κ2) is 5.95. The van der Waals surface area contributed by atoms with E-state index in [9.17, 15) is 12.8 Å². The zero-order valence-corrected chi connectivity index (χ0v) is 12.9. The Morgan fingerprint density at radius 3 is 2.79 bits per heavy atom. The minimum atomic E-state index is -4.12. The Kier molecular flexibility index (Phi) is 4.70. The smallest absolute Gasteiger partial charge is 0.264 e. The van der Waals surface area contributed by atoms with Gasteiger partial charge in [-0.05, 0) is 34.8 Å². The molecule has 1 saturated heterocycles. The third kappa shape index (κ3) is 3.81. The van der Waals surface area contributed by atoms with E-state index in [1.54, 1.807) is 0 Å². The van der Waals surface area contributed by atoms with Gasteiger partial charge in [0.2, 0.25) is 0 Å². The van der Waals surface area contributed by atoms with Crippen LogP contribution in [0.25, 0.3) is 0 Å². The molecule has 2 rings (SSSR count). The summed E-state index contributed by atoms with van der Waals surface area (Å²) in [4.78, 5) is -0.576. The van der Waals surface area contributed by atoms with Gasteiger partial charge in [0.25, 0.3) is 9.05 Å². The van der Waals surface area contributed by atoms with E-state index < -0.39 is 19.8 Å². The predicted molar refractivity (Wildman–Crippen MR) is 71.6 cm³/mol. The quantitative estimate of drug-likeness (QED) is 0.764. The van der Waals surface area contributed by atoms with Crippen LogP contribution in [0.4, 0.5) is 4.39 Å². The molecule has 1 fully saturated rings. The lowest BCUT2D eigenvalue weighted by molar-refractivity contribution is 0.00695. The molecule has 1 atom stereocenters. The van der Waals surface area contributed by atoms with Gasteiger partial charge in [0.15, 0.2) is 0 Å². The molecule has 0 aromatic heterocycles. The van der Waals surface area contributed by atoms with Crippen molar-refractivity contribution in [3.05, 3.63) is 22.4 Å². The Balaban J connectivity index is 2.25. The molecule has 106 valence electrons. The number of rotatable bonds is 3. The van der Waals surface area contributed by atoms with Crippen molar-refractivity contribution >= 4 is 35.7 Å². The van der Waals surface area contributed by atoms with E-state index in [0.717, 1.165) is 25.0 Å². The average Bonchev–Trinajstić information content (AvgIpc) is 2.33. The van der Waals surface area contributed by atoms with Crippen LogP contribution in [0.1, 0.15) is 12.8 Å². The lowest BCUT2D eigenvalue weighted by Gasteiger charge is -2.24. The Bertz CT molecular complexity index is 572. The molecule has 0 amide bonds. The topological polar surface area (TPSA) is 52.6 Å². The number of ether oxygens (including phenoxy) is 2. The Hall–Kier alpha value is -0.370. The minimum Gasteiger partial charge on any atom is -0.487 e. The Labute approximate surface area is 123 Å². The summed E-state index contributed by atoms with van der Waals surface area (Å²) in [6.45, 7) is 1.13. The van der Waals surface area contributed by atoms with Crippen molar-refractivity contribution in [2.45, 2.75) is 23.8 Å². The van der Waals surface area contributed by atoms with Crippen LogP contribution in [0, 0.1) is 5.82 Å². The maximum atomic E-state index is 13.7. The molecule has 0 spiro atoms. The van der Waals surface area contributed by atoms with Crippen molar-refractivity contribution < 1.29 is 22.3 Å². The van der Waals surface area contributed by atoms with Crippen molar-refractivity contribution in [1.82, 2.24) is 0 Å². The van der Waals surface area contributed by atoms with Gasteiger partial charge in [0.1, 0.15) is 22.6 Å². The molecule has 1 aromatic carbocycles. The summed E-state index contributed by atoms with van der Waals surface area (Å²) in [6.07, 6.45) is 1.52. The normalized spacial score (nSPS) is 20.3. The van der Waals surface area contributed by atoms with E-state index in [4.69, 9.17) is 20.2 Å². The van der Waals surface area contributed by atoms with Gasteiger partial charge in [-0.3, -0.25) is 0 Å². The number of hydrogen-bond acceptors (Lipinski definition) is 4. The van der Waals surface area contributed by atoms with E-state index in [-0.39, 0.29) is 11.9 Å². The second-order valence-corrected chi connectivity index (χ2v) is 7.50. The lowest BCUT2D eigenvalue weighted by Crippen LogP contribution is -2.28. The van der Waals surface area contributed by atoms with Crippen LogP contribution >= 0.6 is 26.6 Å². The Morgan fingerprint density at radius 1 is 1.47 bits per heavy atom. The van der Waals surface area contributed by atoms with Gasteiger partial charge < -0.3 is 9.47 Å². The van der Waals surface area contributed by atoms with Crippen molar-refractivity contribution in [2.24, 2.45) is 0 Å². The molecule has 0 saturated carbocycles. The molecule has 4 nitrogen and oxygen atoms in total. The average molecular weight is 374 g/mol. The van der Waals surface area contributed by atoms with Crippen LogP contribution in [-0.4, -0.2) is 27.7 Å². The highest BCUT2D eigenvalue weighted by Gasteiger charge is 2.22. The first-order valence-corrected chi connectivity index (χ1v) is 8.66. The zero-order valence-electron chi connectivity index (χ0n) is 9.74. The highest BCUT2D eigenvalue weighted by atomic mass is 79.9. The van der Waals surface area contributed by atoms with Gasteiger partial charge in [-0.15, -0.1) is 0 Å². The molecule has 0 bridgehead atoms. The molecular weight excluding hydrogens is 363 g/mol. The minimum absolute atomic E-state index is 0.164. The van der Waals surface area contributed by atoms with Gasteiger partial charge in [0, 0.05) is 23.4 Å². The maximum absolute atomic E-state index is 13.7. The fraction of sp³-hybridized carbons (Fsp3) is 0.455.